The Labute approximate surface area is 281 Å². The lowest BCUT2D eigenvalue weighted by Crippen LogP contribution is -2.57. The van der Waals surface area contributed by atoms with Gasteiger partial charge in [0, 0.05) is 57.8 Å². The van der Waals surface area contributed by atoms with E-state index < -0.39 is 33.4 Å². The number of carbonyl (C=O) groups is 4. The molecule has 4 amide bonds. The van der Waals surface area contributed by atoms with Gasteiger partial charge in [-0.15, -0.1) is 0 Å². The molecule has 0 radical (unpaired) electrons. The third-order valence-corrected chi connectivity index (χ3v) is 11.3. The van der Waals surface area contributed by atoms with E-state index in [1.165, 1.54) is 11.8 Å². The van der Waals surface area contributed by atoms with Crippen LogP contribution in [0.1, 0.15) is 55.7 Å². The molecule has 2 saturated heterocycles. The minimum Gasteiger partial charge on any atom is -0.350 e. The first-order valence-corrected chi connectivity index (χ1v) is 18.0. The quantitative estimate of drug-likeness (QED) is 0.325. The molecule has 1 unspecified atom stereocenters. The Kier molecular flexibility index (Phi) is 10.6. The van der Waals surface area contributed by atoms with Crippen LogP contribution in [0.25, 0.3) is 0 Å². The molecule has 2 aromatic rings. The monoisotopic (exact) mass is 686 g/mol. The van der Waals surface area contributed by atoms with Crippen LogP contribution in [0.15, 0.2) is 48.5 Å². The molecule has 14 heteroatoms. The first-order chi connectivity index (χ1) is 22.3. The fourth-order valence-corrected chi connectivity index (χ4v) is 8.62. The molecule has 2 aromatic carbocycles. The largest absolute Gasteiger partial charge is 0.350 e. The summed E-state index contributed by atoms with van der Waals surface area (Å²) in [4.78, 5) is 58.3. The van der Waals surface area contributed by atoms with E-state index in [1.807, 2.05) is 0 Å². The van der Waals surface area contributed by atoms with Crippen LogP contribution < -0.4 is 15.8 Å². The second kappa shape index (κ2) is 14.3. The maximum atomic E-state index is 14.4. The molecule has 2 heterocycles. The molecule has 1 saturated carbocycles. The maximum Gasteiger partial charge on any atom is 0.245 e. The van der Waals surface area contributed by atoms with Crippen LogP contribution >= 0.6 is 11.6 Å². The maximum absolute atomic E-state index is 14.4. The summed E-state index contributed by atoms with van der Waals surface area (Å²) >= 11 is 6.16. The number of nitrogens with one attached hydrogen (secondary N) is 2. The van der Waals surface area contributed by atoms with Crippen LogP contribution in [0.2, 0.25) is 5.02 Å². The zero-order chi connectivity index (χ0) is 33.9. The summed E-state index contributed by atoms with van der Waals surface area (Å²) in [6.07, 6.45) is 2.11. The summed E-state index contributed by atoms with van der Waals surface area (Å²) < 4.78 is 29.7. The Morgan fingerprint density at radius 2 is 1.72 bits per heavy atom. The number of amides is 4. The van der Waals surface area contributed by atoms with E-state index in [9.17, 15) is 27.6 Å². The predicted molar refractivity (Wildman–Crippen MR) is 177 cm³/mol. The molecular formula is C33H43ClN6O6S. The lowest BCUT2D eigenvalue weighted by Gasteiger charge is -2.37. The summed E-state index contributed by atoms with van der Waals surface area (Å²) in [7, 11) is -2.40. The highest BCUT2D eigenvalue weighted by Crippen LogP contribution is 2.48. The van der Waals surface area contributed by atoms with Crippen LogP contribution in [0.3, 0.4) is 0 Å². The summed E-state index contributed by atoms with van der Waals surface area (Å²) in [6.45, 7) is 3.23. The van der Waals surface area contributed by atoms with E-state index in [0.717, 1.165) is 11.1 Å². The van der Waals surface area contributed by atoms with Crippen LogP contribution in [0, 0.1) is 5.92 Å². The highest BCUT2D eigenvalue weighted by Gasteiger charge is 2.68. The van der Waals surface area contributed by atoms with Gasteiger partial charge in [-0.1, -0.05) is 48.0 Å². The van der Waals surface area contributed by atoms with Crippen molar-refractivity contribution in [2.75, 3.05) is 26.7 Å². The van der Waals surface area contributed by atoms with Gasteiger partial charge in [0.25, 0.3) is 0 Å². The lowest BCUT2D eigenvalue weighted by molar-refractivity contribution is -0.143. The van der Waals surface area contributed by atoms with E-state index in [2.05, 4.69) is 10.0 Å². The zero-order valence-corrected chi connectivity index (χ0v) is 28.4. The number of nitrogens with two attached hydrogens (primary N) is 1. The van der Waals surface area contributed by atoms with Gasteiger partial charge >= 0.3 is 0 Å². The van der Waals surface area contributed by atoms with Gasteiger partial charge < -0.3 is 25.8 Å². The van der Waals surface area contributed by atoms with Crippen molar-refractivity contribution < 1.29 is 27.6 Å². The number of piperidine rings is 1. The standard InChI is InChI=1S/C33H43ClN6O6S/c1-22(41)39-15-12-27(13-16-39)38(2)31(43)28-18-33(28,37-47(45,46)21-23-7-4-3-5-8-23)32(44)40-14-6-9-29(40)30(42)36-20-25-17-26(34)11-10-24(25)19-35/h3-5,7-8,10-11,17,27-29,37H,6,9,12-16,18-21,35H2,1-2H3,(H,36,42)/t28-,29+,33?/m1/s1. The van der Waals surface area contributed by atoms with Gasteiger partial charge in [0.2, 0.25) is 33.7 Å². The Hall–Kier alpha value is -3.52. The lowest BCUT2D eigenvalue weighted by atomic mass is 10.0. The zero-order valence-electron chi connectivity index (χ0n) is 26.8. The van der Waals surface area contributed by atoms with Crippen LogP contribution in [0.5, 0.6) is 0 Å². The molecule has 0 bridgehead atoms. The summed E-state index contributed by atoms with van der Waals surface area (Å²) in [5, 5.41) is 3.41. The van der Waals surface area contributed by atoms with Crippen LogP contribution in [-0.2, 0) is 48.0 Å². The first kappa shape index (κ1) is 34.8. The number of halogens is 1. The molecule has 3 aliphatic rings. The molecule has 5 rings (SSSR count). The third kappa shape index (κ3) is 7.80. The molecule has 47 heavy (non-hydrogen) atoms. The Bertz CT molecular complexity index is 1620. The van der Waals surface area contributed by atoms with Crippen LogP contribution in [0.4, 0.5) is 0 Å². The number of hydrogen-bond acceptors (Lipinski definition) is 7. The number of rotatable bonds is 11. The van der Waals surface area contributed by atoms with Crippen molar-refractivity contribution >= 4 is 45.3 Å². The highest BCUT2D eigenvalue weighted by atomic mass is 35.5. The number of sulfonamides is 1. The summed E-state index contributed by atoms with van der Waals surface area (Å²) in [5.74, 6) is -2.60. The number of likely N-dealkylation sites (tertiary alicyclic amines) is 2. The second-order valence-electron chi connectivity index (χ2n) is 12.8. The van der Waals surface area contributed by atoms with Crippen molar-refractivity contribution in [3.63, 3.8) is 0 Å². The molecule has 4 N–H and O–H groups in total. The molecule has 0 spiro atoms. The van der Waals surface area contributed by atoms with Gasteiger partial charge in [-0.3, -0.25) is 19.2 Å². The van der Waals surface area contributed by atoms with Gasteiger partial charge in [-0.25, -0.2) is 8.42 Å². The van der Waals surface area contributed by atoms with Gasteiger partial charge in [-0.05, 0) is 60.9 Å². The predicted octanol–water partition coefficient (Wildman–Crippen LogP) is 1.75. The molecule has 0 aromatic heterocycles. The topological polar surface area (TPSA) is 162 Å². The van der Waals surface area contributed by atoms with Crippen molar-refractivity contribution in [2.24, 2.45) is 11.7 Å². The van der Waals surface area contributed by atoms with E-state index >= 15 is 0 Å². The fraction of sp³-hybridized carbons (Fsp3) is 0.515. The Balaban J connectivity index is 1.35. The number of benzene rings is 2. The molecule has 1 aliphatic carbocycles. The van der Waals surface area contributed by atoms with Gasteiger partial charge in [0.1, 0.15) is 11.6 Å². The minimum atomic E-state index is -4.07. The second-order valence-corrected chi connectivity index (χ2v) is 14.9. The van der Waals surface area contributed by atoms with Crippen molar-refractivity contribution in [2.45, 2.75) is 75.5 Å². The normalized spacial score (nSPS) is 23.0. The van der Waals surface area contributed by atoms with E-state index in [-0.39, 0.29) is 55.6 Å². The fourth-order valence-electron chi connectivity index (χ4n) is 6.85. The first-order valence-electron chi connectivity index (χ1n) is 16.0. The number of hydrogen-bond donors (Lipinski definition) is 3. The van der Waals surface area contributed by atoms with Crippen LogP contribution in [-0.4, -0.2) is 91.1 Å². The summed E-state index contributed by atoms with van der Waals surface area (Å²) in [6, 6.07) is 12.9. The van der Waals surface area contributed by atoms with Crippen molar-refractivity contribution in [1.82, 2.24) is 24.7 Å². The number of nitrogens with zero attached hydrogens (tertiary/aromatic N) is 3. The Morgan fingerprint density at radius 1 is 1.02 bits per heavy atom. The van der Waals surface area contributed by atoms with Gasteiger partial charge in [0.15, 0.2) is 0 Å². The highest BCUT2D eigenvalue weighted by molar-refractivity contribution is 7.88. The van der Waals surface area contributed by atoms with Gasteiger partial charge in [0.05, 0.1) is 11.7 Å². The average molecular weight is 687 g/mol. The van der Waals surface area contributed by atoms with E-state index in [4.69, 9.17) is 17.3 Å². The smallest absolute Gasteiger partial charge is 0.245 e. The molecule has 3 atom stereocenters. The van der Waals surface area contributed by atoms with E-state index in [1.54, 1.807) is 65.4 Å². The molecule has 12 nitrogen and oxygen atoms in total. The third-order valence-electron chi connectivity index (χ3n) is 9.64. The van der Waals surface area contributed by atoms with E-state index in [0.29, 0.717) is 49.4 Å². The number of carbonyl (C=O) groups excluding carboxylic acids is 4. The SMILES string of the molecule is CC(=O)N1CCC(N(C)C(=O)[C@H]2CC2(NS(=O)(=O)Cc2ccccc2)C(=O)N2CCC[C@H]2C(=O)NCc2cc(Cl)ccc2CN)CC1. The molecule has 3 fully saturated rings. The summed E-state index contributed by atoms with van der Waals surface area (Å²) in [5.41, 5.74) is 6.28. The van der Waals surface area contributed by atoms with Crippen molar-refractivity contribution in [3.05, 3.63) is 70.2 Å². The molecular weight excluding hydrogens is 644 g/mol. The van der Waals surface area contributed by atoms with Crippen molar-refractivity contribution in [1.29, 1.82) is 0 Å². The van der Waals surface area contributed by atoms with Crippen molar-refractivity contribution in [3.8, 4) is 0 Å². The average Bonchev–Trinajstić information content (AvgIpc) is 3.54. The minimum absolute atomic E-state index is 0.0114. The molecule has 2 aliphatic heterocycles. The molecule has 254 valence electrons. The Morgan fingerprint density at radius 3 is 2.38 bits per heavy atom. The van der Waals surface area contributed by atoms with Gasteiger partial charge in [-0.2, -0.15) is 4.72 Å².